The minimum absolute atomic E-state index is 0.106. The molecule has 7 fully saturated rings. The summed E-state index contributed by atoms with van der Waals surface area (Å²) in [5.74, 6) is 9.40. The maximum Gasteiger partial charge on any atom is 0.155 e. The number of hydrogen-bond donors (Lipinski definition) is 3. The first-order valence-electron chi connectivity index (χ1n) is 43.7. The van der Waals surface area contributed by atoms with Gasteiger partial charge in [0.2, 0.25) is 0 Å². The van der Waals surface area contributed by atoms with Crippen LogP contribution in [0.1, 0.15) is 247 Å². The van der Waals surface area contributed by atoms with Crippen molar-refractivity contribution < 1.29 is 20.1 Å². The molecule has 21 rings (SSSR count). The molecule has 2 aromatic carbocycles. The fourth-order valence-electron chi connectivity index (χ4n) is 28.8. The Kier molecular flexibility index (Phi) is 19.1. The van der Waals surface area contributed by atoms with Gasteiger partial charge in [0, 0.05) is 59.0 Å². The van der Waals surface area contributed by atoms with E-state index in [0.717, 1.165) is 134 Å². The van der Waals surface area contributed by atoms with Crippen LogP contribution in [0.3, 0.4) is 0 Å². The molecule has 7 saturated carbocycles. The number of pyridine rings is 1. The summed E-state index contributed by atoms with van der Waals surface area (Å²) in [6.07, 6.45) is 66.1. The number of nitrogens with zero attached hydrogens (tertiary/aromatic N) is 7. The molecule has 110 heavy (non-hydrogen) atoms. The van der Waals surface area contributed by atoms with Crippen molar-refractivity contribution in [2.45, 2.75) is 254 Å². The quantitative estimate of drug-likeness (QED) is 0.133. The number of rotatable bonds is 7. The molecule has 15 aliphatic carbocycles. The Morgan fingerprint density at radius 1 is 0.455 bits per heavy atom. The Bertz CT molecular complexity index is 4760. The average molecular weight is 1480 g/mol. The molecule has 0 radical (unpaired) electrons. The van der Waals surface area contributed by atoms with E-state index in [2.05, 4.69) is 199 Å². The third kappa shape index (κ3) is 12.1. The predicted octanol–water partition coefficient (Wildman–Crippen LogP) is 22.3. The highest BCUT2D eigenvalue weighted by Gasteiger charge is 2.62. The molecule has 0 amide bonds. The molecule has 0 saturated heterocycles. The largest absolute Gasteiger partial charge is 0.393 e. The second kappa shape index (κ2) is 28.3. The topological polar surface area (TPSA) is 152 Å². The van der Waals surface area contributed by atoms with Gasteiger partial charge in [-0.05, 0) is 330 Å². The number of carbonyl (C=O) groups excluding carboxylic acids is 1. The number of para-hydroxylation sites is 4. The summed E-state index contributed by atoms with van der Waals surface area (Å²) in [4.78, 5) is 34.3. The fraction of sp³-hybridized carbons (Fsp3) is 0.596. The Balaban J connectivity index is 0.000000103. The third-order valence-corrected chi connectivity index (χ3v) is 34.9. The lowest BCUT2D eigenvalue weighted by molar-refractivity contribution is -0.117. The van der Waals surface area contributed by atoms with E-state index in [0.29, 0.717) is 33.9 Å². The Hall–Kier alpha value is -6.92. The molecule has 11 heteroatoms. The van der Waals surface area contributed by atoms with E-state index in [1.807, 2.05) is 50.4 Å². The van der Waals surface area contributed by atoms with E-state index in [1.54, 1.807) is 23.0 Å². The van der Waals surface area contributed by atoms with Gasteiger partial charge in [0.05, 0.1) is 40.4 Å². The summed E-state index contributed by atoms with van der Waals surface area (Å²) in [7, 11) is 0. The Labute approximate surface area is 656 Å². The molecular weight excluding hydrogens is 1350 g/mol. The molecule has 11 nitrogen and oxygen atoms in total. The summed E-state index contributed by atoms with van der Waals surface area (Å²) in [5, 5.41) is 30.2. The van der Waals surface area contributed by atoms with E-state index >= 15 is 0 Å². The lowest BCUT2D eigenvalue weighted by Gasteiger charge is -2.57. The van der Waals surface area contributed by atoms with Crippen LogP contribution in [0.2, 0.25) is 0 Å². The van der Waals surface area contributed by atoms with Gasteiger partial charge in [-0.3, -0.25) is 9.78 Å². The van der Waals surface area contributed by atoms with Gasteiger partial charge in [0.1, 0.15) is 19.0 Å². The van der Waals surface area contributed by atoms with Crippen molar-refractivity contribution in [3.8, 4) is 0 Å². The summed E-state index contributed by atoms with van der Waals surface area (Å²) < 4.78 is 4.74. The number of ketones is 1. The van der Waals surface area contributed by atoms with Crippen molar-refractivity contribution in [3.05, 3.63) is 187 Å². The number of aromatic nitrogens is 7. The number of aliphatic hydroxyl groups excluding tert-OH is 3. The first-order valence-corrected chi connectivity index (χ1v) is 43.7. The van der Waals surface area contributed by atoms with Gasteiger partial charge in [0.15, 0.2) is 5.78 Å². The zero-order chi connectivity index (χ0) is 75.9. The van der Waals surface area contributed by atoms with Gasteiger partial charge in [-0.1, -0.05) is 151 Å². The van der Waals surface area contributed by atoms with Crippen LogP contribution in [0.25, 0.3) is 44.6 Å². The minimum Gasteiger partial charge on any atom is -0.393 e. The van der Waals surface area contributed by atoms with E-state index in [9.17, 15) is 20.1 Å². The van der Waals surface area contributed by atoms with Crippen LogP contribution in [0.15, 0.2) is 176 Å². The highest BCUT2D eigenvalue weighted by atomic mass is 16.3. The first-order chi connectivity index (χ1) is 53.0. The van der Waals surface area contributed by atoms with Gasteiger partial charge in [-0.25, -0.2) is 19.9 Å². The van der Waals surface area contributed by atoms with E-state index in [1.165, 1.54) is 154 Å². The highest BCUT2D eigenvalue weighted by Crippen LogP contribution is 2.71. The predicted molar refractivity (Wildman–Crippen MR) is 444 cm³/mol. The molecule has 580 valence electrons. The van der Waals surface area contributed by atoms with Crippen molar-refractivity contribution in [2.24, 2.45) is 114 Å². The first kappa shape index (κ1) is 74.5. The van der Waals surface area contributed by atoms with Crippen LogP contribution in [-0.2, 0) is 4.79 Å². The summed E-state index contributed by atoms with van der Waals surface area (Å²) in [5.41, 5.74) is 19.9. The molecular formula is C99H125N7O4. The molecule has 6 aromatic rings. The van der Waals surface area contributed by atoms with Crippen molar-refractivity contribution >= 4 is 50.4 Å². The number of benzene rings is 2. The molecule has 0 aliphatic heterocycles. The van der Waals surface area contributed by atoms with Crippen LogP contribution in [-0.4, -0.2) is 73.5 Å². The monoisotopic (exact) mass is 1480 g/mol. The minimum atomic E-state index is -0.202. The van der Waals surface area contributed by atoms with E-state index in [4.69, 9.17) is 0 Å². The number of aliphatic hydroxyl groups is 3. The van der Waals surface area contributed by atoms with Crippen molar-refractivity contribution in [1.82, 2.24) is 34.1 Å². The SMILES string of the molecule is C[C@@H](O)CC[C@@]1(C)C=CCC2C1CC[C@]1(C)C(c3cncnc3)=CCC21.C[C@]12CCC(=O)C=C1CCC1C2CC[C@]2(C)C(n3cnc4ccccc43)=CCC12.C[C@]12CC[C@H](O)CC1=CCC1C2CC[C@]2(C)C(c3cccnc3)=CCC12.C[C@]12CC[C@H](O)CC1=CCC1C2CC[C@]2(C)C(n3cnc4ccccc43)=CCC12. The summed E-state index contributed by atoms with van der Waals surface area (Å²) in [6.45, 7) is 21.9. The smallest absolute Gasteiger partial charge is 0.155 e. The molecule has 4 heterocycles. The zero-order valence-electron chi connectivity index (χ0n) is 67.6. The molecule has 4 aromatic heterocycles. The van der Waals surface area contributed by atoms with Crippen LogP contribution in [0.4, 0.5) is 0 Å². The Morgan fingerprint density at radius 3 is 1.48 bits per heavy atom. The summed E-state index contributed by atoms with van der Waals surface area (Å²) >= 11 is 0. The van der Waals surface area contributed by atoms with Crippen LogP contribution < -0.4 is 0 Å². The Morgan fingerprint density at radius 2 is 0.927 bits per heavy atom. The number of hydrogen-bond acceptors (Lipinski definition) is 9. The van der Waals surface area contributed by atoms with Crippen LogP contribution >= 0.6 is 0 Å². The normalized spacial score (nSPS) is 41.1. The van der Waals surface area contributed by atoms with Gasteiger partial charge < -0.3 is 24.5 Å². The van der Waals surface area contributed by atoms with Crippen LogP contribution in [0.5, 0.6) is 0 Å². The van der Waals surface area contributed by atoms with E-state index in [-0.39, 0.29) is 45.4 Å². The molecule has 12 unspecified atom stereocenters. The number of carbonyl (C=O) groups is 1. The summed E-state index contributed by atoms with van der Waals surface area (Å²) in [6, 6.07) is 21.3. The zero-order valence-corrected chi connectivity index (χ0v) is 67.6. The average Bonchev–Trinajstić information content (AvgIpc) is 1.44. The molecule has 15 aliphatic rings. The van der Waals surface area contributed by atoms with Crippen molar-refractivity contribution in [3.63, 3.8) is 0 Å². The van der Waals surface area contributed by atoms with E-state index < -0.39 is 0 Å². The van der Waals surface area contributed by atoms with Gasteiger partial charge >= 0.3 is 0 Å². The maximum atomic E-state index is 12.0. The lowest BCUT2D eigenvalue weighted by Crippen LogP contribution is -2.50. The number of fused-ring (bicyclic) bond motifs is 20. The second-order valence-corrected chi connectivity index (χ2v) is 39.9. The molecule has 0 bridgehead atoms. The maximum absolute atomic E-state index is 12.0. The third-order valence-electron chi connectivity index (χ3n) is 34.9. The lowest BCUT2D eigenvalue weighted by atomic mass is 9.47. The standard InChI is InChI=1S/C26H32N2O.C26H30N2O.C24H31NO.C23H32N2O/c2*1-25-13-11-18(29)15-17(25)7-8-19-20-9-10-24(26(20,2)14-12-21(19)25)28-16-27-22-5-3-4-6-23(22)28;1-23-11-9-18(26)14-17(23)5-6-19-21-8-7-20(16-4-3-13-25-15-16)24(21,2)12-10-22(19)23;1-16(26)8-11-22(2)10-4-5-18-20(22)9-12-23(3)19(6-7-21(18)23)17-13-24-15-25-14-17/h3-7,10,16,18-21,29H,8-9,11-15H2,1-2H3;3-6,10,15-16,19-21H,7-9,11-14H2,1-2H3;3-5,7,13,15,18-19,21-22,26H,6,8-12,14H2,1-2H3;4,6,10,13-16,18,20-21,26H,5,7-9,11-12H2,1-3H3/t18-,19?,20?,21?,25-,26-;19?,20?,21?,25-,26-;18-,19?,21?,22?,23-,24+;16-,18?,20?,21?,22-,23-/m0001/s1. The molecule has 23 atom stereocenters. The fourth-order valence-corrected chi connectivity index (χ4v) is 28.8. The number of allylic oxidation sites excluding steroid dienone is 14. The van der Waals surface area contributed by atoms with Gasteiger partial charge in [0.25, 0.3) is 0 Å². The van der Waals surface area contributed by atoms with Gasteiger partial charge in [-0.15, -0.1) is 0 Å². The highest BCUT2D eigenvalue weighted by molar-refractivity contribution is 5.91. The molecule has 0 spiro atoms. The number of imidazole rings is 2. The van der Waals surface area contributed by atoms with Crippen molar-refractivity contribution in [2.75, 3.05) is 0 Å². The van der Waals surface area contributed by atoms with Crippen molar-refractivity contribution in [1.29, 1.82) is 0 Å². The van der Waals surface area contributed by atoms with Gasteiger partial charge in [-0.2, -0.15) is 0 Å². The second-order valence-electron chi connectivity index (χ2n) is 39.9. The van der Waals surface area contributed by atoms with Crippen LogP contribution in [0, 0.1) is 114 Å². The molecule has 3 N–H and O–H groups in total.